The van der Waals surface area contributed by atoms with Crippen LogP contribution in [-0.2, 0) is 0 Å². The van der Waals surface area contributed by atoms with Crippen LogP contribution < -0.4 is 0 Å². The first-order chi connectivity index (χ1) is 27.1. The Bertz CT molecular complexity index is 2540. The van der Waals surface area contributed by atoms with Crippen molar-refractivity contribution in [3.8, 4) is 0 Å². The highest BCUT2D eigenvalue weighted by Gasteiger charge is 2.50. The molecule has 0 N–H and O–H groups in total. The number of benzene rings is 7. The lowest BCUT2D eigenvalue weighted by Gasteiger charge is -2.50. The lowest BCUT2D eigenvalue weighted by molar-refractivity contribution is 0.692. The van der Waals surface area contributed by atoms with Gasteiger partial charge in [0.1, 0.15) is 0 Å². The summed E-state index contributed by atoms with van der Waals surface area (Å²) in [5.74, 6) is 1.53. The fourth-order valence-electron chi connectivity index (χ4n) is 13.7. The highest BCUT2D eigenvalue weighted by Crippen LogP contribution is 2.65. The molecule has 0 spiro atoms. The highest BCUT2D eigenvalue weighted by molar-refractivity contribution is 5.79. The van der Waals surface area contributed by atoms with Crippen molar-refractivity contribution in [2.75, 3.05) is 0 Å². The summed E-state index contributed by atoms with van der Waals surface area (Å²) in [7, 11) is 0. The number of rotatable bonds is 0. The molecule has 7 aromatic rings. The Labute approximate surface area is 331 Å². The van der Waals surface area contributed by atoms with Crippen molar-refractivity contribution >= 4 is 0 Å². The molecule has 0 saturated carbocycles. The maximum atomic E-state index is 2.73. The molecular formula is C56H46. The van der Waals surface area contributed by atoms with Crippen LogP contribution in [0, 0.1) is 55.4 Å². The SMILES string of the molecule is Cc1ccc(C)c2c1C1c3cc4c(cc3C2c2c(C)ccc(C)c21)C1c2ccccc2C4c2cc3c(cc21)C1c2c(C)ccc(C)c2C3c2c(C)ccc(C)c21. The van der Waals surface area contributed by atoms with E-state index >= 15 is 0 Å². The minimum Gasteiger partial charge on any atom is -0.0619 e. The fourth-order valence-corrected chi connectivity index (χ4v) is 13.7. The first-order valence-electron chi connectivity index (χ1n) is 21.0. The van der Waals surface area contributed by atoms with E-state index in [0.717, 1.165) is 0 Å². The zero-order valence-electron chi connectivity index (χ0n) is 33.7. The highest BCUT2D eigenvalue weighted by atomic mass is 14.5. The van der Waals surface area contributed by atoms with Crippen molar-refractivity contribution in [2.24, 2.45) is 0 Å². The van der Waals surface area contributed by atoms with Gasteiger partial charge in [0, 0.05) is 35.5 Å². The molecule has 16 rings (SSSR count). The van der Waals surface area contributed by atoms with Crippen LogP contribution in [0.2, 0.25) is 0 Å². The topological polar surface area (TPSA) is 0 Å². The molecule has 0 atom stereocenters. The van der Waals surface area contributed by atoms with Crippen molar-refractivity contribution in [3.63, 3.8) is 0 Å². The predicted molar refractivity (Wildman–Crippen MR) is 229 cm³/mol. The van der Waals surface area contributed by atoms with Gasteiger partial charge in [0.05, 0.1) is 0 Å². The van der Waals surface area contributed by atoms with Crippen LogP contribution in [0.1, 0.15) is 180 Å². The third-order valence-corrected chi connectivity index (χ3v) is 15.9. The Kier molecular flexibility index (Phi) is 5.82. The molecule has 7 aromatic carbocycles. The maximum Gasteiger partial charge on any atom is 0.0354 e. The number of aryl methyl sites for hydroxylation is 8. The second-order valence-electron chi connectivity index (χ2n) is 18.6. The van der Waals surface area contributed by atoms with Gasteiger partial charge in [0.2, 0.25) is 0 Å². The van der Waals surface area contributed by atoms with E-state index in [0.29, 0.717) is 0 Å². The predicted octanol–water partition coefficient (Wildman–Crippen LogP) is 13.1. The smallest absolute Gasteiger partial charge is 0.0354 e. The van der Waals surface area contributed by atoms with Gasteiger partial charge in [-0.3, -0.25) is 0 Å². The van der Waals surface area contributed by atoms with Crippen molar-refractivity contribution in [1.82, 2.24) is 0 Å². The zero-order valence-corrected chi connectivity index (χ0v) is 33.7. The van der Waals surface area contributed by atoms with Crippen molar-refractivity contribution in [3.05, 3.63) is 242 Å². The second-order valence-corrected chi connectivity index (χ2v) is 18.6. The van der Waals surface area contributed by atoms with E-state index in [1.165, 1.54) is 55.6 Å². The molecule has 0 heterocycles. The van der Waals surface area contributed by atoms with Gasteiger partial charge in [-0.15, -0.1) is 0 Å². The summed E-state index contributed by atoms with van der Waals surface area (Å²) in [6, 6.07) is 39.4. The van der Waals surface area contributed by atoms with Crippen molar-refractivity contribution in [2.45, 2.75) is 90.9 Å². The molecular weight excluding hydrogens is 673 g/mol. The molecule has 0 nitrogen and oxygen atoms in total. The molecule has 0 radical (unpaired) electrons. The van der Waals surface area contributed by atoms with Gasteiger partial charge in [-0.1, -0.05) is 97.1 Å². The summed E-state index contributed by atoms with van der Waals surface area (Å²) in [6.07, 6.45) is 0. The fraction of sp³-hybridized carbons (Fsp3) is 0.250. The largest absolute Gasteiger partial charge is 0.0619 e. The summed E-state index contributed by atoms with van der Waals surface area (Å²) in [5.41, 5.74) is 39.5. The van der Waals surface area contributed by atoms with Crippen LogP contribution in [0.25, 0.3) is 0 Å². The third kappa shape index (κ3) is 3.48. The van der Waals surface area contributed by atoms with Gasteiger partial charge in [-0.2, -0.15) is 0 Å². The van der Waals surface area contributed by atoms with Gasteiger partial charge in [0.15, 0.2) is 0 Å². The monoisotopic (exact) mass is 718 g/mol. The van der Waals surface area contributed by atoms with Crippen molar-refractivity contribution < 1.29 is 0 Å². The summed E-state index contributed by atoms with van der Waals surface area (Å²) in [6.45, 7) is 18.9. The Morgan fingerprint density at radius 3 is 0.589 bits per heavy atom. The standard InChI is InChI=1S/C56H46/c1-25-13-14-26(2)44-43(25)53-39-21-35-36(22-40(39)54(44)46-28(4)16-15-27(3)45(46)53)52-34-12-10-9-11-33(34)51(35)37-23-41-42(24-38(37)52)56-49-31(7)19-17-29(5)47(49)55(41)48-30(6)18-20-32(8)50(48)56/h9-24,51-56H,1-8H3. The Balaban J connectivity index is 1.10. The molecule has 9 aliphatic rings. The molecule has 56 heavy (non-hydrogen) atoms. The molecule has 0 fully saturated rings. The van der Waals surface area contributed by atoms with Crippen LogP contribution in [0.5, 0.6) is 0 Å². The Hall–Kier alpha value is -5.46. The molecule has 0 aromatic heterocycles. The number of hydrogen-bond donors (Lipinski definition) is 0. The van der Waals surface area contributed by atoms with Gasteiger partial charge in [0.25, 0.3) is 0 Å². The lowest BCUT2D eigenvalue weighted by Crippen LogP contribution is -2.35. The van der Waals surface area contributed by atoms with E-state index in [1.54, 1.807) is 89.0 Å². The molecule has 0 saturated heterocycles. The molecule has 6 bridgehead atoms. The van der Waals surface area contributed by atoms with Crippen LogP contribution in [0.4, 0.5) is 0 Å². The summed E-state index contributed by atoms with van der Waals surface area (Å²) < 4.78 is 0. The van der Waals surface area contributed by atoms with E-state index in [-0.39, 0.29) is 35.5 Å². The van der Waals surface area contributed by atoms with E-state index < -0.39 is 0 Å². The summed E-state index contributed by atoms with van der Waals surface area (Å²) >= 11 is 0. The van der Waals surface area contributed by atoms with Gasteiger partial charge in [-0.25, -0.2) is 0 Å². The van der Waals surface area contributed by atoms with Crippen LogP contribution in [-0.4, -0.2) is 0 Å². The molecule has 270 valence electrons. The molecule has 0 amide bonds. The summed E-state index contributed by atoms with van der Waals surface area (Å²) in [4.78, 5) is 0. The average molecular weight is 719 g/mol. The third-order valence-electron chi connectivity index (χ3n) is 15.9. The lowest BCUT2D eigenvalue weighted by atomic mass is 9.53. The Morgan fingerprint density at radius 1 is 0.214 bits per heavy atom. The van der Waals surface area contributed by atoms with E-state index in [9.17, 15) is 0 Å². The van der Waals surface area contributed by atoms with E-state index in [4.69, 9.17) is 0 Å². The summed E-state index contributed by atoms with van der Waals surface area (Å²) in [5, 5.41) is 0. The Morgan fingerprint density at radius 2 is 0.393 bits per heavy atom. The first kappa shape index (κ1) is 31.7. The molecule has 0 unspecified atom stereocenters. The van der Waals surface area contributed by atoms with Gasteiger partial charge >= 0.3 is 0 Å². The quantitative estimate of drug-likeness (QED) is 0.146. The van der Waals surface area contributed by atoms with Gasteiger partial charge < -0.3 is 0 Å². The normalized spacial score (nSPS) is 22.6. The number of hydrogen-bond acceptors (Lipinski definition) is 0. The van der Waals surface area contributed by atoms with Gasteiger partial charge in [-0.05, 0) is 200 Å². The molecule has 0 heteroatoms. The molecule has 0 aliphatic heterocycles. The minimum absolute atomic E-state index is 0.227. The van der Waals surface area contributed by atoms with Crippen LogP contribution >= 0.6 is 0 Å². The maximum absolute atomic E-state index is 2.73. The van der Waals surface area contributed by atoms with Crippen LogP contribution in [0.15, 0.2) is 97.1 Å². The molecule has 9 aliphatic carbocycles. The van der Waals surface area contributed by atoms with E-state index in [2.05, 4.69) is 152 Å². The van der Waals surface area contributed by atoms with E-state index in [1.807, 2.05) is 0 Å². The van der Waals surface area contributed by atoms with Crippen LogP contribution in [0.3, 0.4) is 0 Å². The average Bonchev–Trinajstić information content (AvgIpc) is 3.21. The zero-order chi connectivity index (χ0) is 37.8. The second kappa shape index (κ2) is 10.3. The minimum atomic E-state index is 0.227. The first-order valence-corrected chi connectivity index (χ1v) is 21.0. The van der Waals surface area contributed by atoms with Crippen molar-refractivity contribution in [1.29, 1.82) is 0 Å².